The van der Waals surface area contributed by atoms with Gasteiger partial charge in [-0.05, 0) is 39.7 Å². The van der Waals surface area contributed by atoms with Gasteiger partial charge in [-0.3, -0.25) is 0 Å². The molecule has 0 aliphatic carbocycles. The van der Waals surface area contributed by atoms with E-state index in [1.807, 2.05) is 0 Å². The van der Waals surface area contributed by atoms with Gasteiger partial charge in [0.05, 0.1) is 6.10 Å². The van der Waals surface area contributed by atoms with E-state index in [1.165, 1.54) is 11.1 Å². The van der Waals surface area contributed by atoms with E-state index in [9.17, 15) is 0 Å². The Kier molecular flexibility index (Phi) is 4.08. The molecule has 2 atom stereocenters. The zero-order valence-corrected chi connectivity index (χ0v) is 12.0. The van der Waals surface area contributed by atoms with Crippen molar-refractivity contribution in [2.24, 2.45) is 5.92 Å². The van der Waals surface area contributed by atoms with Gasteiger partial charge in [0.25, 0.3) is 0 Å². The van der Waals surface area contributed by atoms with Crippen LogP contribution in [0.5, 0.6) is 0 Å². The molecule has 0 spiro atoms. The summed E-state index contributed by atoms with van der Waals surface area (Å²) in [5.74, 6) is 0.590. The molecule has 1 aromatic rings. The molecular formula is C16H25NO. The number of hydrogen-bond acceptors (Lipinski definition) is 2. The topological polar surface area (TPSA) is 21.3 Å². The minimum absolute atomic E-state index is 0.181. The summed E-state index contributed by atoms with van der Waals surface area (Å²) in [6.45, 7) is 10.7. The number of benzene rings is 1. The maximum Gasteiger partial charge on any atom is 0.0866 e. The number of ether oxygens (including phenoxy) is 1. The molecule has 1 aliphatic rings. The summed E-state index contributed by atoms with van der Waals surface area (Å²) in [4.78, 5) is 0. The van der Waals surface area contributed by atoms with E-state index in [4.69, 9.17) is 4.74 Å². The first-order valence-electron chi connectivity index (χ1n) is 6.89. The van der Waals surface area contributed by atoms with E-state index >= 15 is 0 Å². The minimum atomic E-state index is 0.181. The Morgan fingerprint density at radius 2 is 1.89 bits per heavy atom. The number of aryl methyl sites for hydroxylation is 1. The maximum absolute atomic E-state index is 5.92. The van der Waals surface area contributed by atoms with E-state index in [0.717, 1.165) is 19.6 Å². The summed E-state index contributed by atoms with van der Waals surface area (Å²) in [6, 6.07) is 8.75. The van der Waals surface area contributed by atoms with Gasteiger partial charge >= 0.3 is 0 Å². The van der Waals surface area contributed by atoms with Crippen LogP contribution in [0.15, 0.2) is 24.3 Å². The van der Waals surface area contributed by atoms with Crippen molar-refractivity contribution < 1.29 is 4.74 Å². The van der Waals surface area contributed by atoms with E-state index in [1.54, 1.807) is 0 Å². The maximum atomic E-state index is 5.92. The van der Waals surface area contributed by atoms with E-state index in [-0.39, 0.29) is 11.6 Å². The fourth-order valence-electron chi connectivity index (χ4n) is 2.40. The molecule has 1 fully saturated rings. The van der Waals surface area contributed by atoms with Gasteiger partial charge in [-0.15, -0.1) is 0 Å². The smallest absolute Gasteiger partial charge is 0.0866 e. The van der Waals surface area contributed by atoms with Crippen molar-refractivity contribution in [1.82, 2.24) is 5.32 Å². The van der Waals surface area contributed by atoms with Crippen LogP contribution in [0.25, 0.3) is 0 Å². The summed E-state index contributed by atoms with van der Waals surface area (Å²) in [6.07, 6.45) is 1.42. The number of nitrogens with one attached hydrogen (secondary N) is 1. The van der Waals surface area contributed by atoms with Crippen LogP contribution in [0.2, 0.25) is 0 Å². The first-order chi connectivity index (χ1) is 8.46. The van der Waals surface area contributed by atoms with Crippen molar-refractivity contribution in [3.05, 3.63) is 35.4 Å². The van der Waals surface area contributed by atoms with Gasteiger partial charge in [0.1, 0.15) is 0 Å². The predicted octanol–water partition coefficient (Wildman–Crippen LogP) is 3.46. The fourth-order valence-corrected chi connectivity index (χ4v) is 2.40. The Morgan fingerprint density at radius 1 is 1.22 bits per heavy atom. The van der Waals surface area contributed by atoms with Crippen LogP contribution < -0.4 is 5.32 Å². The van der Waals surface area contributed by atoms with Crippen molar-refractivity contribution in [2.75, 3.05) is 13.2 Å². The predicted molar refractivity (Wildman–Crippen MR) is 75.7 cm³/mol. The van der Waals surface area contributed by atoms with Crippen molar-refractivity contribution in [1.29, 1.82) is 0 Å². The van der Waals surface area contributed by atoms with Crippen molar-refractivity contribution >= 4 is 0 Å². The van der Waals surface area contributed by atoms with Crippen LogP contribution in [-0.4, -0.2) is 18.7 Å². The molecule has 2 rings (SSSR count). The lowest BCUT2D eigenvalue weighted by Crippen LogP contribution is -2.39. The minimum Gasteiger partial charge on any atom is -0.373 e. The Hall–Kier alpha value is -0.860. The van der Waals surface area contributed by atoms with Gasteiger partial charge in [-0.2, -0.15) is 0 Å². The summed E-state index contributed by atoms with van der Waals surface area (Å²) >= 11 is 0. The number of rotatable bonds is 3. The van der Waals surface area contributed by atoms with Gasteiger partial charge in [0, 0.05) is 24.6 Å². The fraction of sp³-hybridized carbons (Fsp3) is 0.625. The first-order valence-corrected chi connectivity index (χ1v) is 6.89. The monoisotopic (exact) mass is 247 g/mol. The molecule has 0 bridgehead atoms. The molecule has 0 saturated carbocycles. The largest absolute Gasteiger partial charge is 0.373 e. The van der Waals surface area contributed by atoms with Crippen LogP contribution in [0.3, 0.4) is 0 Å². The van der Waals surface area contributed by atoms with Crippen molar-refractivity contribution in [3.63, 3.8) is 0 Å². The summed E-state index contributed by atoms with van der Waals surface area (Å²) < 4.78 is 5.92. The second-order valence-corrected chi connectivity index (χ2v) is 6.38. The van der Waals surface area contributed by atoms with E-state index < -0.39 is 0 Å². The average Bonchev–Trinajstić information content (AvgIpc) is 2.75. The summed E-state index contributed by atoms with van der Waals surface area (Å²) in [7, 11) is 0. The molecule has 2 heteroatoms. The van der Waals surface area contributed by atoms with Crippen molar-refractivity contribution in [3.8, 4) is 0 Å². The molecule has 18 heavy (non-hydrogen) atoms. The number of hydrogen-bond donors (Lipinski definition) is 1. The van der Waals surface area contributed by atoms with Crippen LogP contribution in [0.4, 0.5) is 0 Å². The molecule has 0 radical (unpaired) electrons. The van der Waals surface area contributed by atoms with Gasteiger partial charge in [-0.25, -0.2) is 0 Å². The lowest BCUT2D eigenvalue weighted by Gasteiger charge is -2.26. The molecule has 1 aromatic carbocycles. The van der Waals surface area contributed by atoms with Gasteiger partial charge in [0.2, 0.25) is 0 Å². The molecule has 2 nitrogen and oxygen atoms in total. The Labute approximate surface area is 111 Å². The first kappa shape index (κ1) is 13.6. The molecule has 1 aliphatic heterocycles. The molecule has 100 valence electrons. The molecule has 0 amide bonds. The van der Waals surface area contributed by atoms with Gasteiger partial charge < -0.3 is 10.1 Å². The second kappa shape index (κ2) is 5.41. The van der Waals surface area contributed by atoms with Gasteiger partial charge in [0.15, 0.2) is 0 Å². The SMILES string of the molecule is Cc1ccc(C2OCCC2CNC(C)(C)C)cc1. The van der Waals surface area contributed by atoms with Crippen molar-refractivity contribution in [2.45, 2.75) is 45.8 Å². The lowest BCUT2D eigenvalue weighted by molar-refractivity contribution is 0.0889. The van der Waals surface area contributed by atoms with Crippen LogP contribution in [0, 0.1) is 12.8 Å². The normalized spacial score (nSPS) is 24.4. The molecule has 2 unspecified atom stereocenters. The van der Waals surface area contributed by atoms with Crippen LogP contribution in [-0.2, 0) is 4.74 Å². The Bertz CT molecular complexity index is 377. The van der Waals surface area contributed by atoms with Crippen LogP contribution >= 0.6 is 0 Å². The zero-order valence-electron chi connectivity index (χ0n) is 12.0. The Balaban J connectivity index is 2.01. The highest BCUT2D eigenvalue weighted by molar-refractivity contribution is 5.24. The highest BCUT2D eigenvalue weighted by atomic mass is 16.5. The lowest BCUT2D eigenvalue weighted by atomic mass is 9.94. The quantitative estimate of drug-likeness (QED) is 0.883. The standard InChI is InChI=1S/C16H25NO/c1-12-5-7-13(8-6-12)15-14(9-10-18-15)11-17-16(2,3)4/h5-8,14-15,17H,9-11H2,1-4H3. The third kappa shape index (κ3) is 3.56. The molecule has 0 aromatic heterocycles. The average molecular weight is 247 g/mol. The molecule has 1 N–H and O–H groups in total. The molecular weight excluding hydrogens is 222 g/mol. The van der Waals surface area contributed by atoms with E-state index in [2.05, 4.69) is 57.3 Å². The second-order valence-electron chi connectivity index (χ2n) is 6.38. The third-order valence-corrected chi connectivity index (χ3v) is 3.51. The van der Waals surface area contributed by atoms with E-state index in [0.29, 0.717) is 5.92 Å². The zero-order chi connectivity index (χ0) is 13.2. The summed E-state index contributed by atoms with van der Waals surface area (Å²) in [5.41, 5.74) is 2.81. The molecule has 1 heterocycles. The molecule has 1 saturated heterocycles. The highest BCUT2D eigenvalue weighted by Gasteiger charge is 2.30. The van der Waals surface area contributed by atoms with Crippen LogP contribution in [0.1, 0.15) is 44.4 Å². The Morgan fingerprint density at radius 3 is 2.50 bits per heavy atom. The third-order valence-electron chi connectivity index (χ3n) is 3.51. The van der Waals surface area contributed by atoms with Gasteiger partial charge in [-0.1, -0.05) is 29.8 Å². The summed E-state index contributed by atoms with van der Waals surface area (Å²) in [5, 5.41) is 3.59. The highest BCUT2D eigenvalue weighted by Crippen LogP contribution is 2.34.